The van der Waals surface area contributed by atoms with Crippen LogP contribution >= 0.6 is 0 Å². The number of fused-ring (bicyclic) bond motifs is 1. The fourth-order valence-corrected chi connectivity index (χ4v) is 3.04. The lowest BCUT2D eigenvalue weighted by atomic mass is 10.2. The molecule has 1 amide bonds. The topological polar surface area (TPSA) is 93.4 Å². The molecule has 8 heteroatoms. The Morgan fingerprint density at radius 1 is 1.28 bits per heavy atom. The number of amides is 1. The summed E-state index contributed by atoms with van der Waals surface area (Å²) in [5.41, 5.74) is 2.00. The van der Waals surface area contributed by atoms with Crippen molar-refractivity contribution in [3.63, 3.8) is 0 Å². The summed E-state index contributed by atoms with van der Waals surface area (Å²) in [5.74, 6) is 1.46. The van der Waals surface area contributed by atoms with Crippen LogP contribution in [0.3, 0.4) is 0 Å². The van der Waals surface area contributed by atoms with Crippen molar-refractivity contribution in [2.75, 3.05) is 23.9 Å². The molecule has 3 aromatic rings. The van der Waals surface area contributed by atoms with Crippen molar-refractivity contribution in [1.29, 1.82) is 0 Å². The molecule has 1 aliphatic heterocycles. The first-order valence-corrected chi connectivity index (χ1v) is 7.93. The molecule has 0 spiro atoms. The van der Waals surface area contributed by atoms with Gasteiger partial charge in [-0.25, -0.2) is 4.98 Å². The SMILES string of the molecule is COc1ccc(N2CC(Nc3ncnc4onc(C)c34)CC2=O)cc1. The van der Waals surface area contributed by atoms with Crippen LogP contribution in [-0.4, -0.2) is 40.7 Å². The lowest BCUT2D eigenvalue weighted by Crippen LogP contribution is -2.27. The number of methoxy groups -OCH3 is 1. The Hall–Kier alpha value is -3.16. The van der Waals surface area contributed by atoms with E-state index < -0.39 is 0 Å². The minimum Gasteiger partial charge on any atom is -0.497 e. The molecular weight excluding hydrogens is 322 g/mol. The van der Waals surface area contributed by atoms with Crippen molar-refractivity contribution in [1.82, 2.24) is 15.1 Å². The molecule has 1 aliphatic rings. The number of anilines is 2. The lowest BCUT2D eigenvalue weighted by Gasteiger charge is -2.18. The van der Waals surface area contributed by atoms with Gasteiger partial charge in [-0.15, -0.1) is 0 Å². The summed E-state index contributed by atoms with van der Waals surface area (Å²) in [6, 6.07) is 7.40. The highest BCUT2D eigenvalue weighted by molar-refractivity contribution is 5.97. The summed E-state index contributed by atoms with van der Waals surface area (Å²) in [6.07, 6.45) is 1.81. The van der Waals surface area contributed by atoms with Crippen molar-refractivity contribution < 1.29 is 14.1 Å². The molecule has 1 N–H and O–H groups in total. The zero-order valence-corrected chi connectivity index (χ0v) is 13.9. The van der Waals surface area contributed by atoms with E-state index in [2.05, 4.69) is 20.4 Å². The Morgan fingerprint density at radius 2 is 2.08 bits per heavy atom. The third-order valence-electron chi connectivity index (χ3n) is 4.29. The zero-order chi connectivity index (χ0) is 17.4. The standard InChI is InChI=1S/C17H17N5O3/c1-10-15-16(18-9-19-17(15)25-21-10)20-11-7-14(23)22(8-11)12-3-5-13(24-2)6-4-12/h3-6,9,11H,7-8H2,1-2H3,(H,18,19,20). The first-order valence-electron chi connectivity index (χ1n) is 7.93. The number of nitrogens with one attached hydrogen (secondary N) is 1. The maximum atomic E-state index is 12.4. The first-order chi connectivity index (χ1) is 12.2. The lowest BCUT2D eigenvalue weighted by molar-refractivity contribution is -0.117. The van der Waals surface area contributed by atoms with E-state index in [9.17, 15) is 4.79 Å². The number of hydrogen-bond acceptors (Lipinski definition) is 7. The average molecular weight is 339 g/mol. The van der Waals surface area contributed by atoms with Gasteiger partial charge in [-0.1, -0.05) is 5.16 Å². The fraction of sp³-hybridized carbons (Fsp3) is 0.294. The van der Waals surface area contributed by atoms with Crippen LogP contribution in [0.2, 0.25) is 0 Å². The number of rotatable bonds is 4. The molecule has 1 unspecified atom stereocenters. The van der Waals surface area contributed by atoms with E-state index >= 15 is 0 Å². The minimum atomic E-state index is -0.0537. The Bertz CT molecular complexity index is 922. The monoisotopic (exact) mass is 339 g/mol. The van der Waals surface area contributed by atoms with Gasteiger partial charge < -0.3 is 19.5 Å². The number of benzene rings is 1. The second-order valence-electron chi connectivity index (χ2n) is 5.92. The van der Waals surface area contributed by atoms with E-state index in [1.165, 1.54) is 6.33 Å². The first kappa shape index (κ1) is 15.4. The second kappa shape index (κ2) is 6.04. The van der Waals surface area contributed by atoms with E-state index in [-0.39, 0.29) is 11.9 Å². The molecule has 8 nitrogen and oxygen atoms in total. The van der Waals surface area contributed by atoms with E-state index in [0.717, 1.165) is 22.5 Å². The van der Waals surface area contributed by atoms with Gasteiger partial charge in [-0.3, -0.25) is 4.79 Å². The molecule has 2 aromatic heterocycles. The van der Waals surface area contributed by atoms with Gasteiger partial charge >= 0.3 is 0 Å². The number of carbonyl (C=O) groups excluding carboxylic acids is 1. The van der Waals surface area contributed by atoms with Gasteiger partial charge in [-0.05, 0) is 31.2 Å². The smallest absolute Gasteiger partial charge is 0.263 e. The molecule has 0 bridgehead atoms. The van der Waals surface area contributed by atoms with Crippen molar-refractivity contribution in [2.24, 2.45) is 0 Å². The molecule has 0 aliphatic carbocycles. The van der Waals surface area contributed by atoms with Crippen LogP contribution < -0.4 is 15.0 Å². The third-order valence-corrected chi connectivity index (χ3v) is 4.29. The van der Waals surface area contributed by atoms with Gasteiger partial charge in [0.2, 0.25) is 5.91 Å². The van der Waals surface area contributed by atoms with Gasteiger partial charge in [0.15, 0.2) is 0 Å². The molecule has 0 saturated carbocycles. The van der Waals surface area contributed by atoms with Crippen LogP contribution in [0.25, 0.3) is 11.1 Å². The van der Waals surface area contributed by atoms with Gasteiger partial charge in [0.05, 0.1) is 18.8 Å². The predicted octanol–water partition coefficient (Wildman–Crippen LogP) is 2.15. The summed E-state index contributed by atoms with van der Waals surface area (Å²) in [7, 11) is 1.62. The number of carbonyl (C=O) groups is 1. The Labute approximate surface area is 143 Å². The van der Waals surface area contributed by atoms with Crippen molar-refractivity contribution in [3.8, 4) is 5.75 Å². The van der Waals surface area contributed by atoms with Crippen LogP contribution in [0, 0.1) is 6.92 Å². The summed E-state index contributed by atoms with van der Waals surface area (Å²) in [5, 5.41) is 7.99. The molecule has 1 aromatic carbocycles. The van der Waals surface area contributed by atoms with Crippen LogP contribution in [0.1, 0.15) is 12.1 Å². The molecule has 3 heterocycles. The highest BCUT2D eigenvalue weighted by Gasteiger charge is 2.31. The van der Waals surface area contributed by atoms with Crippen LogP contribution in [0.4, 0.5) is 11.5 Å². The Morgan fingerprint density at radius 3 is 2.84 bits per heavy atom. The van der Waals surface area contributed by atoms with Crippen LogP contribution in [-0.2, 0) is 4.79 Å². The summed E-state index contributed by atoms with van der Waals surface area (Å²) >= 11 is 0. The second-order valence-corrected chi connectivity index (χ2v) is 5.92. The Balaban J connectivity index is 1.54. The van der Waals surface area contributed by atoms with E-state index in [4.69, 9.17) is 9.26 Å². The molecule has 128 valence electrons. The maximum absolute atomic E-state index is 12.4. The molecule has 1 saturated heterocycles. The largest absolute Gasteiger partial charge is 0.497 e. The minimum absolute atomic E-state index is 0.0537. The highest BCUT2D eigenvalue weighted by Crippen LogP contribution is 2.28. The van der Waals surface area contributed by atoms with E-state index in [0.29, 0.717) is 24.5 Å². The molecule has 1 atom stereocenters. The van der Waals surface area contributed by atoms with Crippen molar-refractivity contribution >= 4 is 28.5 Å². The predicted molar refractivity (Wildman–Crippen MR) is 91.7 cm³/mol. The van der Waals surface area contributed by atoms with E-state index in [1.54, 1.807) is 12.0 Å². The van der Waals surface area contributed by atoms with E-state index in [1.807, 2.05) is 31.2 Å². The summed E-state index contributed by atoms with van der Waals surface area (Å²) in [4.78, 5) is 22.5. The number of aryl methyl sites for hydroxylation is 1. The number of ether oxygens (including phenoxy) is 1. The zero-order valence-electron chi connectivity index (χ0n) is 13.9. The fourth-order valence-electron chi connectivity index (χ4n) is 3.04. The maximum Gasteiger partial charge on any atom is 0.263 e. The Kier molecular flexibility index (Phi) is 3.72. The van der Waals surface area contributed by atoms with Crippen molar-refractivity contribution in [2.45, 2.75) is 19.4 Å². The molecule has 1 fully saturated rings. The normalized spacial score (nSPS) is 17.3. The third kappa shape index (κ3) is 2.75. The van der Waals surface area contributed by atoms with Gasteiger partial charge in [-0.2, -0.15) is 4.98 Å². The quantitative estimate of drug-likeness (QED) is 0.778. The van der Waals surface area contributed by atoms with Gasteiger partial charge in [0.1, 0.15) is 23.3 Å². The number of aromatic nitrogens is 3. The average Bonchev–Trinajstić information content (AvgIpc) is 3.19. The molecule has 25 heavy (non-hydrogen) atoms. The van der Waals surface area contributed by atoms with Gasteiger partial charge in [0.25, 0.3) is 5.71 Å². The summed E-state index contributed by atoms with van der Waals surface area (Å²) < 4.78 is 10.3. The van der Waals surface area contributed by atoms with Crippen LogP contribution in [0.5, 0.6) is 5.75 Å². The molecular formula is C17H17N5O3. The van der Waals surface area contributed by atoms with Crippen molar-refractivity contribution in [3.05, 3.63) is 36.3 Å². The van der Waals surface area contributed by atoms with Crippen LogP contribution in [0.15, 0.2) is 35.1 Å². The summed E-state index contributed by atoms with van der Waals surface area (Å²) in [6.45, 7) is 2.39. The number of hydrogen-bond donors (Lipinski definition) is 1. The molecule has 0 radical (unpaired) electrons. The molecule has 4 rings (SSSR count). The highest BCUT2D eigenvalue weighted by atomic mass is 16.5. The number of nitrogens with zero attached hydrogens (tertiary/aromatic N) is 4. The van der Waals surface area contributed by atoms with Gasteiger partial charge in [0, 0.05) is 18.7 Å².